The number of aryl methyl sites for hydroxylation is 3. The van der Waals surface area contributed by atoms with E-state index >= 15 is 0 Å². The number of imidazole rings is 1. The van der Waals surface area contributed by atoms with Crippen molar-refractivity contribution in [3.05, 3.63) is 77.4 Å². The summed E-state index contributed by atoms with van der Waals surface area (Å²) in [5.41, 5.74) is 4.40. The van der Waals surface area contributed by atoms with Gasteiger partial charge in [-0.25, -0.2) is 4.98 Å². The number of rotatable bonds is 8. The Morgan fingerprint density at radius 2 is 1.67 bits per heavy atom. The molecule has 4 rings (SSSR count). The number of carbonyl (C=O) groups excluding carboxylic acids is 1. The summed E-state index contributed by atoms with van der Waals surface area (Å²) in [4.78, 5) is 21.5. The van der Waals surface area contributed by atoms with Crippen molar-refractivity contribution in [2.45, 2.75) is 27.0 Å². The van der Waals surface area contributed by atoms with E-state index in [-0.39, 0.29) is 5.91 Å². The smallest absolute Gasteiger partial charge is 0.238 e. The number of amides is 1. The fourth-order valence-corrected chi connectivity index (χ4v) is 4.13. The molecule has 0 saturated carbocycles. The lowest BCUT2D eigenvalue weighted by atomic mass is 10.1. The maximum Gasteiger partial charge on any atom is 0.238 e. The Kier molecular flexibility index (Phi) is 7.42. The van der Waals surface area contributed by atoms with Crippen molar-refractivity contribution in [1.82, 2.24) is 19.4 Å². The van der Waals surface area contributed by atoms with Crippen LogP contribution >= 0.6 is 0 Å². The standard InChI is InChI=1S/C26H33N5O2/c1-20-5-4-6-21(2)26(20)28-25(32)18-31-15-13-30(14-16-31)17-22-7-9-23(10-8-22)33-19-24-27-11-12-29(24)3/h4-12H,13-19H2,1-3H3,(H,28,32). The highest BCUT2D eigenvalue weighted by Crippen LogP contribution is 2.20. The number of nitrogens with one attached hydrogen (secondary N) is 1. The summed E-state index contributed by atoms with van der Waals surface area (Å²) in [6.45, 7) is 9.55. The van der Waals surface area contributed by atoms with Crippen molar-refractivity contribution < 1.29 is 9.53 Å². The molecule has 1 N–H and O–H groups in total. The molecular weight excluding hydrogens is 414 g/mol. The van der Waals surface area contributed by atoms with Gasteiger partial charge in [0.1, 0.15) is 18.2 Å². The second-order valence-electron chi connectivity index (χ2n) is 8.75. The minimum atomic E-state index is 0.0574. The van der Waals surface area contributed by atoms with E-state index in [1.165, 1.54) is 5.56 Å². The van der Waals surface area contributed by atoms with E-state index in [4.69, 9.17) is 4.74 Å². The Morgan fingerprint density at radius 3 is 2.30 bits per heavy atom. The maximum absolute atomic E-state index is 12.6. The monoisotopic (exact) mass is 447 g/mol. The zero-order valence-electron chi connectivity index (χ0n) is 19.8. The fourth-order valence-electron chi connectivity index (χ4n) is 4.13. The summed E-state index contributed by atoms with van der Waals surface area (Å²) >= 11 is 0. The molecule has 1 fully saturated rings. The van der Waals surface area contributed by atoms with Crippen LogP contribution in [0.4, 0.5) is 5.69 Å². The van der Waals surface area contributed by atoms with Gasteiger partial charge in [-0.2, -0.15) is 0 Å². The second-order valence-corrected chi connectivity index (χ2v) is 8.75. The number of benzene rings is 2. The number of aromatic nitrogens is 2. The molecule has 0 aliphatic carbocycles. The van der Waals surface area contributed by atoms with Crippen molar-refractivity contribution in [3.8, 4) is 5.75 Å². The normalized spacial score (nSPS) is 14.9. The number of anilines is 1. The Bertz CT molecular complexity index is 1050. The van der Waals surface area contributed by atoms with Crippen molar-refractivity contribution in [2.75, 3.05) is 38.0 Å². The molecule has 0 unspecified atom stereocenters. The third kappa shape index (κ3) is 6.21. The lowest BCUT2D eigenvalue weighted by Crippen LogP contribution is -2.48. The van der Waals surface area contributed by atoms with Gasteiger partial charge in [0.05, 0.1) is 6.54 Å². The summed E-state index contributed by atoms with van der Waals surface area (Å²) < 4.78 is 7.80. The highest BCUT2D eigenvalue weighted by Gasteiger charge is 2.19. The lowest BCUT2D eigenvalue weighted by Gasteiger charge is -2.34. The Morgan fingerprint density at radius 1 is 1.00 bits per heavy atom. The van der Waals surface area contributed by atoms with Crippen LogP contribution in [-0.4, -0.2) is 58.0 Å². The molecule has 0 radical (unpaired) electrons. The molecule has 1 aromatic heterocycles. The molecular formula is C26H33N5O2. The molecule has 33 heavy (non-hydrogen) atoms. The quantitative estimate of drug-likeness (QED) is 0.574. The van der Waals surface area contributed by atoms with Gasteiger partial charge < -0.3 is 14.6 Å². The van der Waals surface area contributed by atoms with Crippen molar-refractivity contribution in [2.24, 2.45) is 7.05 Å². The van der Waals surface area contributed by atoms with Crippen LogP contribution in [0.2, 0.25) is 0 Å². The van der Waals surface area contributed by atoms with E-state index < -0.39 is 0 Å². The highest BCUT2D eigenvalue weighted by atomic mass is 16.5. The molecule has 0 bridgehead atoms. The van der Waals surface area contributed by atoms with Gasteiger partial charge in [-0.05, 0) is 42.7 Å². The van der Waals surface area contributed by atoms with Gasteiger partial charge in [-0.3, -0.25) is 14.6 Å². The number of para-hydroxylation sites is 1. The predicted molar refractivity (Wildman–Crippen MR) is 130 cm³/mol. The van der Waals surface area contributed by atoms with Gasteiger partial charge >= 0.3 is 0 Å². The van der Waals surface area contributed by atoms with E-state index in [9.17, 15) is 4.79 Å². The number of piperazine rings is 1. The SMILES string of the molecule is Cc1cccc(C)c1NC(=O)CN1CCN(Cc2ccc(OCc3nccn3C)cc2)CC1. The molecule has 3 aromatic rings. The summed E-state index contributed by atoms with van der Waals surface area (Å²) in [6, 6.07) is 14.4. The minimum absolute atomic E-state index is 0.0574. The molecule has 2 aromatic carbocycles. The van der Waals surface area contributed by atoms with Crippen LogP contribution < -0.4 is 10.1 Å². The first-order chi connectivity index (χ1) is 16.0. The molecule has 2 heterocycles. The molecule has 1 aliphatic heterocycles. The van der Waals surface area contributed by atoms with E-state index in [0.29, 0.717) is 13.2 Å². The van der Waals surface area contributed by atoms with Gasteiger partial charge in [0.25, 0.3) is 0 Å². The third-order valence-corrected chi connectivity index (χ3v) is 6.20. The first-order valence-corrected chi connectivity index (χ1v) is 11.5. The molecule has 0 spiro atoms. The van der Waals surface area contributed by atoms with Gasteiger partial charge in [-0.15, -0.1) is 0 Å². The molecule has 1 amide bonds. The maximum atomic E-state index is 12.6. The molecule has 0 atom stereocenters. The van der Waals surface area contributed by atoms with Crippen LogP contribution in [0.5, 0.6) is 5.75 Å². The van der Waals surface area contributed by atoms with Gasteiger partial charge in [0.15, 0.2) is 0 Å². The Balaban J connectivity index is 1.20. The average molecular weight is 448 g/mol. The zero-order valence-corrected chi connectivity index (χ0v) is 19.8. The third-order valence-electron chi connectivity index (χ3n) is 6.20. The molecule has 7 heteroatoms. The fraction of sp³-hybridized carbons (Fsp3) is 0.385. The summed E-state index contributed by atoms with van der Waals surface area (Å²) in [7, 11) is 1.96. The minimum Gasteiger partial charge on any atom is -0.486 e. The van der Waals surface area contributed by atoms with Crippen LogP contribution in [0.25, 0.3) is 0 Å². The molecule has 1 aliphatic rings. The number of hydrogen-bond acceptors (Lipinski definition) is 5. The summed E-state index contributed by atoms with van der Waals surface area (Å²) in [5, 5.41) is 3.09. The molecule has 174 valence electrons. The van der Waals surface area contributed by atoms with Crippen LogP contribution in [0.1, 0.15) is 22.5 Å². The topological polar surface area (TPSA) is 62.6 Å². The first-order valence-electron chi connectivity index (χ1n) is 11.5. The van der Waals surface area contributed by atoms with E-state index in [1.807, 2.05) is 62.0 Å². The largest absolute Gasteiger partial charge is 0.486 e. The number of ether oxygens (including phenoxy) is 1. The van der Waals surface area contributed by atoms with Gasteiger partial charge in [0, 0.05) is 57.9 Å². The molecule has 1 saturated heterocycles. The number of carbonyl (C=O) groups is 1. The van der Waals surface area contributed by atoms with Crippen LogP contribution in [0.15, 0.2) is 54.9 Å². The predicted octanol–water partition coefficient (Wildman–Crippen LogP) is 3.37. The second kappa shape index (κ2) is 10.6. The number of nitrogens with zero attached hydrogens (tertiary/aromatic N) is 4. The Labute approximate surface area is 196 Å². The van der Waals surface area contributed by atoms with E-state index in [2.05, 4.69) is 32.2 Å². The first kappa shape index (κ1) is 23.0. The van der Waals surface area contributed by atoms with Crippen LogP contribution in [0, 0.1) is 13.8 Å². The highest BCUT2D eigenvalue weighted by molar-refractivity contribution is 5.93. The van der Waals surface area contributed by atoms with E-state index in [0.717, 1.165) is 61.1 Å². The average Bonchev–Trinajstić information content (AvgIpc) is 3.22. The Hall–Kier alpha value is -3.16. The zero-order chi connectivity index (χ0) is 23.2. The molecule has 7 nitrogen and oxygen atoms in total. The van der Waals surface area contributed by atoms with Crippen molar-refractivity contribution in [1.29, 1.82) is 0 Å². The van der Waals surface area contributed by atoms with Crippen molar-refractivity contribution >= 4 is 11.6 Å². The lowest BCUT2D eigenvalue weighted by molar-refractivity contribution is -0.117. The van der Waals surface area contributed by atoms with Crippen molar-refractivity contribution in [3.63, 3.8) is 0 Å². The van der Waals surface area contributed by atoms with Gasteiger partial charge in [-0.1, -0.05) is 30.3 Å². The summed E-state index contributed by atoms with van der Waals surface area (Å²) in [5.74, 6) is 1.81. The summed E-state index contributed by atoms with van der Waals surface area (Å²) in [6.07, 6.45) is 3.69. The van der Waals surface area contributed by atoms with Gasteiger partial charge in [0.2, 0.25) is 5.91 Å². The van der Waals surface area contributed by atoms with Crippen LogP contribution in [0.3, 0.4) is 0 Å². The number of hydrogen-bond donors (Lipinski definition) is 1. The van der Waals surface area contributed by atoms with Crippen LogP contribution in [-0.2, 0) is 25.0 Å². The van der Waals surface area contributed by atoms with E-state index in [1.54, 1.807) is 6.20 Å².